The molecule has 2 aliphatic heterocycles. The molecule has 0 saturated carbocycles. The summed E-state index contributed by atoms with van der Waals surface area (Å²) in [6.45, 7) is 9.40. The quantitative estimate of drug-likeness (QED) is 0.240. The summed E-state index contributed by atoms with van der Waals surface area (Å²) in [5, 5.41) is 15.6. The van der Waals surface area contributed by atoms with Gasteiger partial charge in [-0.25, -0.2) is 0 Å². The molecule has 0 bridgehead atoms. The number of rotatable bonds is 9. The summed E-state index contributed by atoms with van der Waals surface area (Å²) >= 11 is 5.88. The van der Waals surface area contributed by atoms with Gasteiger partial charge in [-0.15, -0.1) is 0 Å². The third kappa shape index (κ3) is 5.47. The van der Waals surface area contributed by atoms with Crippen molar-refractivity contribution in [3.05, 3.63) is 81.4 Å². The topological polar surface area (TPSA) is 97.9 Å². The van der Waals surface area contributed by atoms with E-state index in [1.165, 1.54) is 19.2 Å². The van der Waals surface area contributed by atoms with Crippen molar-refractivity contribution >= 4 is 23.0 Å². The average Bonchev–Trinajstić information content (AvgIpc) is 3.43. The van der Waals surface area contributed by atoms with Crippen molar-refractivity contribution in [2.24, 2.45) is 0 Å². The normalized spacial score (nSPS) is 19.8. The molecule has 10 nitrogen and oxygen atoms in total. The number of thiocarbonyl (C=S) groups is 1. The third-order valence-corrected chi connectivity index (χ3v) is 7.93. The first-order valence-corrected chi connectivity index (χ1v) is 13.6. The van der Waals surface area contributed by atoms with Crippen molar-refractivity contribution in [3.63, 3.8) is 0 Å². The number of nitro benzene ring substituents is 1. The standard InChI is InChI=1S/C28H34N6O4S/c1-19-17-22(20(2)33(19)24-9-8-21(34(35)36)18-25(24)37-3)27-26(23-7-4-5-10-29-23)30-28(39)32(27)12-6-11-31-13-15-38-16-14-31/h4-5,7-10,17-18,26-27H,6,11-16H2,1-3H3,(H,30,39)/t26-,27+/m1/s1. The lowest BCUT2D eigenvalue weighted by Gasteiger charge is -2.30. The van der Waals surface area contributed by atoms with E-state index in [1.807, 2.05) is 31.3 Å². The smallest absolute Gasteiger partial charge is 0.273 e. The van der Waals surface area contributed by atoms with Crippen molar-refractivity contribution < 1.29 is 14.4 Å². The number of aryl methyl sites for hydroxylation is 1. The van der Waals surface area contributed by atoms with Crippen LogP contribution in [0.15, 0.2) is 48.7 Å². The van der Waals surface area contributed by atoms with Crippen LogP contribution < -0.4 is 10.1 Å². The van der Waals surface area contributed by atoms with E-state index in [9.17, 15) is 10.1 Å². The molecule has 0 amide bonds. The molecule has 0 radical (unpaired) electrons. The fourth-order valence-corrected chi connectivity index (χ4v) is 6.03. The second kappa shape index (κ2) is 11.7. The Bertz CT molecular complexity index is 1340. The highest BCUT2D eigenvalue weighted by molar-refractivity contribution is 7.80. The van der Waals surface area contributed by atoms with Gasteiger partial charge in [-0.3, -0.25) is 20.0 Å². The van der Waals surface area contributed by atoms with Gasteiger partial charge in [0.1, 0.15) is 5.75 Å². The maximum atomic E-state index is 11.4. The lowest BCUT2D eigenvalue weighted by atomic mass is 9.96. The molecule has 11 heteroatoms. The van der Waals surface area contributed by atoms with Crippen LogP contribution in [0, 0.1) is 24.0 Å². The van der Waals surface area contributed by atoms with Crippen LogP contribution in [0.2, 0.25) is 0 Å². The Morgan fingerprint density at radius 2 is 1.97 bits per heavy atom. The first-order valence-electron chi connectivity index (χ1n) is 13.2. The van der Waals surface area contributed by atoms with Gasteiger partial charge in [0.05, 0.1) is 54.8 Å². The highest BCUT2D eigenvalue weighted by Crippen LogP contribution is 2.42. The highest BCUT2D eigenvalue weighted by atomic mass is 32.1. The number of pyridine rings is 1. The number of nitrogens with zero attached hydrogens (tertiary/aromatic N) is 5. The minimum absolute atomic E-state index is 0.00899. The highest BCUT2D eigenvalue weighted by Gasteiger charge is 2.41. The predicted octanol–water partition coefficient (Wildman–Crippen LogP) is 4.10. The number of benzene rings is 1. The molecule has 1 aromatic carbocycles. The van der Waals surface area contributed by atoms with Crippen LogP contribution in [-0.4, -0.2) is 75.9 Å². The van der Waals surface area contributed by atoms with Gasteiger partial charge in [-0.05, 0) is 62.3 Å². The number of nitrogens with one attached hydrogen (secondary N) is 1. The van der Waals surface area contributed by atoms with E-state index in [1.54, 1.807) is 6.07 Å². The predicted molar refractivity (Wildman–Crippen MR) is 152 cm³/mol. The molecule has 206 valence electrons. The van der Waals surface area contributed by atoms with Gasteiger partial charge in [0.15, 0.2) is 5.11 Å². The minimum Gasteiger partial charge on any atom is -0.494 e. The molecular formula is C28H34N6O4S. The van der Waals surface area contributed by atoms with Crippen LogP contribution in [0.25, 0.3) is 5.69 Å². The number of ether oxygens (including phenoxy) is 2. The first-order chi connectivity index (χ1) is 18.9. The Morgan fingerprint density at radius 1 is 1.18 bits per heavy atom. The maximum Gasteiger partial charge on any atom is 0.273 e. The number of morpholine rings is 1. The molecule has 2 saturated heterocycles. The minimum atomic E-state index is -0.412. The lowest BCUT2D eigenvalue weighted by molar-refractivity contribution is -0.384. The summed E-state index contributed by atoms with van der Waals surface area (Å²) < 4.78 is 13.2. The zero-order chi connectivity index (χ0) is 27.5. The lowest BCUT2D eigenvalue weighted by Crippen LogP contribution is -2.39. The number of non-ortho nitro benzene ring substituents is 1. The summed E-state index contributed by atoms with van der Waals surface area (Å²) in [5.41, 5.74) is 4.83. The van der Waals surface area contributed by atoms with Gasteiger partial charge in [0.25, 0.3) is 5.69 Å². The zero-order valence-electron chi connectivity index (χ0n) is 22.5. The molecule has 0 aliphatic carbocycles. The van der Waals surface area contributed by atoms with Gasteiger partial charge in [-0.1, -0.05) is 6.07 Å². The van der Waals surface area contributed by atoms with E-state index in [0.717, 1.165) is 79.3 Å². The second-order valence-electron chi connectivity index (χ2n) is 9.90. The number of aromatic nitrogens is 2. The zero-order valence-corrected chi connectivity index (χ0v) is 23.3. The largest absolute Gasteiger partial charge is 0.494 e. The van der Waals surface area contributed by atoms with E-state index in [-0.39, 0.29) is 17.8 Å². The van der Waals surface area contributed by atoms with E-state index in [0.29, 0.717) is 5.75 Å². The fraction of sp³-hybridized carbons (Fsp3) is 0.429. The van der Waals surface area contributed by atoms with Crippen LogP contribution >= 0.6 is 12.2 Å². The average molecular weight is 551 g/mol. The molecule has 0 spiro atoms. The molecule has 2 fully saturated rings. The Balaban J connectivity index is 1.51. The van der Waals surface area contributed by atoms with Crippen molar-refractivity contribution in [2.75, 3.05) is 46.5 Å². The van der Waals surface area contributed by atoms with Crippen molar-refractivity contribution in [1.29, 1.82) is 0 Å². The third-order valence-electron chi connectivity index (χ3n) is 7.58. The molecule has 2 atom stereocenters. The van der Waals surface area contributed by atoms with Gasteiger partial charge in [-0.2, -0.15) is 0 Å². The molecule has 0 unspecified atom stereocenters. The van der Waals surface area contributed by atoms with Crippen LogP contribution in [0.1, 0.15) is 41.1 Å². The second-order valence-corrected chi connectivity index (χ2v) is 10.3. The van der Waals surface area contributed by atoms with E-state index >= 15 is 0 Å². The van der Waals surface area contributed by atoms with Crippen molar-refractivity contribution in [3.8, 4) is 11.4 Å². The monoisotopic (exact) mass is 550 g/mol. The Kier molecular flexibility index (Phi) is 8.10. The molecule has 2 aliphatic rings. The maximum absolute atomic E-state index is 11.4. The Morgan fingerprint density at radius 3 is 2.67 bits per heavy atom. The van der Waals surface area contributed by atoms with Gasteiger partial charge in [0, 0.05) is 49.8 Å². The van der Waals surface area contributed by atoms with Crippen molar-refractivity contribution in [1.82, 2.24) is 24.7 Å². The Labute approximate surface area is 233 Å². The molecular weight excluding hydrogens is 516 g/mol. The fourth-order valence-electron chi connectivity index (χ4n) is 5.70. The number of hydrogen-bond acceptors (Lipinski definition) is 7. The molecule has 2 aromatic heterocycles. The van der Waals surface area contributed by atoms with Gasteiger partial charge < -0.3 is 24.3 Å². The van der Waals surface area contributed by atoms with E-state index in [2.05, 4.69) is 37.7 Å². The Hall–Kier alpha value is -3.54. The number of methoxy groups -OCH3 is 1. The van der Waals surface area contributed by atoms with Gasteiger partial charge in [0.2, 0.25) is 0 Å². The van der Waals surface area contributed by atoms with Crippen LogP contribution in [0.4, 0.5) is 5.69 Å². The SMILES string of the molecule is COc1cc([N+](=O)[O-])ccc1-n1c(C)cc([C@H]2[C@@H](c3ccccn3)NC(=S)N2CCCN2CCOCC2)c1C. The van der Waals surface area contributed by atoms with Gasteiger partial charge >= 0.3 is 0 Å². The van der Waals surface area contributed by atoms with E-state index in [4.69, 9.17) is 21.7 Å². The summed E-state index contributed by atoms with van der Waals surface area (Å²) in [6, 6.07) is 12.7. The summed E-state index contributed by atoms with van der Waals surface area (Å²) in [7, 11) is 1.53. The van der Waals surface area contributed by atoms with E-state index < -0.39 is 4.92 Å². The molecule has 1 N–H and O–H groups in total. The number of hydrogen-bond donors (Lipinski definition) is 1. The summed E-state index contributed by atoms with van der Waals surface area (Å²) in [6.07, 6.45) is 2.78. The van der Waals surface area contributed by atoms with Crippen molar-refractivity contribution in [2.45, 2.75) is 32.4 Å². The molecule has 39 heavy (non-hydrogen) atoms. The van der Waals surface area contributed by atoms with Crippen LogP contribution in [0.5, 0.6) is 5.75 Å². The number of nitro groups is 1. The molecule has 5 rings (SSSR count). The first kappa shape index (κ1) is 27.0. The summed E-state index contributed by atoms with van der Waals surface area (Å²) in [5.74, 6) is 0.446. The van der Waals surface area contributed by atoms with Crippen LogP contribution in [0.3, 0.4) is 0 Å². The summed E-state index contributed by atoms with van der Waals surface area (Å²) in [4.78, 5) is 20.3. The van der Waals surface area contributed by atoms with Crippen LogP contribution in [-0.2, 0) is 4.74 Å². The molecule has 3 aromatic rings. The molecule has 4 heterocycles.